The maximum absolute atomic E-state index is 9.71. The van der Waals surface area contributed by atoms with E-state index in [4.69, 9.17) is 4.74 Å². The molecule has 0 aliphatic carbocycles. The first kappa shape index (κ1) is 14.0. The minimum absolute atomic E-state index is 0.381. The van der Waals surface area contributed by atoms with Crippen molar-refractivity contribution in [3.8, 4) is 5.75 Å². The zero-order valence-corrected chi connectivity index (χ0v) is 12.1. The van der Waals surface area contributed by atoms with E-state index in [0.717, 1.165) is 29.8 Å². The minimum atomic E-state index is -0.381. The highest BCUT2D eigenvalue weighted by Gasteiger charge is 2.05. The summed E-state index contributed by atoms with van der Waals surface area (Å²) in [7, 11) is 0. The summed E-state index contributed by atoms with van der Waals surface area (Å²) in [6.07, 6.45) is 1.23. The second-order valence-electron chi connectivity index (χ2n) is 4.45. The van der Waals surface area contributed by atoms with Crippen molar-refractivity contribution in [1.29, 1.82) is 0 Å². The number of thiazole rings is 1. The largest absolute Gasteiger partial charge is 0.493 e. The summed E-state index contributed by atoms with van der Waals surface area (Å²) in [4.78, 5) is 5.49. The number of rotatable bonds is 6. The average molecular weight is 277 g/mol. The molecule has 1 unspecified atom stereocenters. The first-order valence-corrected chi connectivity index (χ1v) is 7.38. The molecule has 1 aromatic carbocycles. The predicted octanol–water partition coefficient (Wildman–Crippen LogP) is 3.52. The molecular weight excluding hydrogens is 258 g/mol. The number of aromatic nitrogens is 1. The van der Waals surface area contributed by atoms with Gasteiger partial charge in [0, 0.05) is 11.3 Å². The van der Waals surface area contributed by atoms with Crippen molar-refractivity contribution in [3.63, 3.8) is 0 Å². The Morgan fingerprint density at radius 2 is 2.05 bits per heavy atom. The van der Waals surface area contributed by atoms with Crippen LogP contribution in [0.15, 0.2) is 29.8 Å². The normalized spacial score (nSPS) is 12.4. The molecule has 0 aliphatic rings. The summed E-state index contributed by atoms with van der Waals surface area (Å²) >= 11 is 1.67. The van der Waals surface area contributed by atoms with Crippen LogP contribution in [-0.2, 0) is 6.42 Å². The van der Waals surface area contributed by atoms with Gasteiger partial charge in [0.1, 0.15) is 5.75 Å². The van der Waals surface area contributed by atoms with Crippen molar-refractivity contribution in [3.05, 3.63) is 45.9 Å². The van der Waals surface area contributed by atoms with Gasteiger partial charge in [0.05, 0.1) is 23.9 Å². The van der Waals surface area contributed by atoms with Gasteiger partial charge in [-0.05, 0) is 31.0 Å². The number of aryl methyl sites for hydroxylation is 1. The van der Waals surface area contributed by atoms with Crippen molar-refractivity contribution in [1.82, 2.24) is 4.98 Å². The Morgan fingerprint density at radius 3 is 2.63 bits per heavy atom. The van der Waals surface area contributed by atoms with E-state index in [9.17, 15) is 5.11 Å². The topological polar surface area (TPSA) is 42.4 Å². The van der Waals surface area contributed by atoms with Crippen molar-refractivity contribution in [2.45, 2.75) is 32.8 Å². The summed E-state index contributed by atoms with van der Waals surface area (Å²) in [5.74, 6) is 0.842. The molecule has 0 aliphatic heterocycles. The molecule has 0 spiro atoms. The van der Waals surface area contributed by atoms with E-state index < -0.39 is 0 Å². The lowest BCUT2D eigenvalue weighted by molar-refractivity contribution is 0.173. The van der Waals surface area contributed by atoms with Crippen LogP contribution < -0.4 is 4.74 Å². The highest BCUT2D eigenvalue weighted by molar-refractivity contribution is 7.09. The first-order valence-electron chi connectivity index (χ1n) is 6.50. The maximum Gasteiger partial charge on any atom is 0.119 e. The van der Waals surface area contributed by atoms with Crippen LogP contribution in [0.4, 0.5) is 0 Å². The zero-order chi connectivity index (χ0) is 13.7. The molecule has 1 N–H and O–H groups in total. The molecule has 0 radical (unpaired) electrons. The first-order chi connectivity index (χ1) is 9.20. The van der Waals surface area contributed by atoms with Gasteiger partial charge in [0.15, 0.2) is 0 Å². The molecule has 1 atom stereocenters. The molecule has 1 heterocycles. The molecule has 19 heavy (non-hydrogen) atoms. The molecular formula is C15H19NO2S. The molecule has 2 rings (SSSR count). The summed E-state index contributed by atoms with van der Waals surface area (Å²) in [6.45, 7) is 4.64. The van der Waals surface area contributed by atoms with E-state index in [-0.39, 0.29) is 6.10 Å². The maximum atomic E-state index is 9.71. The van der Waals surface area contributed by atoms with E-state index in [2.05, 4.69) is 4.98 Å². The number of aliphatic hydroxyl groups is 1. The molecule has 0 saturated carbocycles. The smallest absolute Gasteiger partial charge is 0.119 e. The van der Waals surface area contributed by atoms with Crippen LogP contribution in [0.1, 0.15) is 35.6 Å². The van der Waals surface area contributed by atoms with Crippen molar-refractivity contribution in [2.24, 2.45) is 0 Å². The van der Waals surface area contributed by atoms with Gasteiger partial charge in [-0.2, -0.15) is 0 Å². The van der Waals surface area contributed by atoms with Crippen molar-refractivity contribution < 1.29 is 9.84 Å². The summed E-state index contributed by atoms with van der Waals surface area (Å²) in [6, 6.07) is 7.66. The van der Waals surface area contributed by atoms with E-state index >= 15 is 0 Å². The van der Waals surface area contributed by atoms with Crippen LogP contribution in [0, 0.1) is 6.92 Å². The fourth-order valence-corrected chi connectivity index (χ4v) is 2.61. The van der Waals surface area contributed by atoms with Crippen LogP contribution in [-0.4, -0.2) is 16.7 Å². The van der Waals surface area contributed by atoms with E-state index in [1.165, 1.54) is 4.88 Å². The lowest BCUT2D eigenvalue weighted by Crippen LogP contribution is -2.01. The molecule has 3 nitrogen and oxygen atoms in total. The third-order valence-electron chi connectivity index (χ3n) is 3.09. The third-order valence-corrected chi connectivity index (χ3v) is 4.09. The Balaban J connectivity index is 1.85. The van der Waals surface area contributed by atoms with Gasteiger partial charge >= 0.3 is 0 Å². The molecule has 0 saturated heterocycles. The lowest BCUT2D eigenvalue weighted by Gasteiger charge is -2.10. The Hall–Kier alpha value is -1.39. The second kappa shape index (κ2) is 6.68. The van der Waals surface area contributed by atoms with E-state index in [1.54, 1.807) is 11.3 Å². The highest BCUT2D eigenvalue weighted by atomic mass is 32.1. The average Bonchev–Trinajstić information content (AvgIpc) is 2.84. The number of ether oxygens (including phenoxy) is 1. The van der Waals surface area contributed by atoms with E-state index in [0.29, 0.717) is 6.61 Å². The Morgan fingerprint density at radius 1 is 1.32 bits per heavy atom. The molecule has 0 bridgehead atoms. The number of nitrogens with zero attached hydrogens (tertiary/aromatic N) is 1. The van der Waals surface area contributed by atoms with Gasteiger partial charge in [0.2, 0.25) is 0 Å². The van der Waals surface area contributed by atoms with E-state index in [1.807, 2.05) is 43.6 Å². The summed E-state index contributed by atoms with van der Waals surface area (Å²) in [5.41, 5.74) is 3.90. The standard InChI is InChI=1S/C15H19NO2S/c1-3-14(17)12-4-6-13(7-5-12)18-9-8-15-11(2)16-10-19-15/h4-7,10,14,17H,3,8-9H2,1-2H3. The molecule has 0 amide bonds. The Labute approximate surface area is 117 Å². The predicted molar refractivity (Wildman–Crippen MR) is 77.7 cm³/mol. The molecule has 2 aromatic rings. The van der Waals surface area contributed by atoms with Gasteiger partial charge < -0.3 is 9.84 Å². The zero-order valence-electron chi connectivity index (χ0n) is 11.3. The minimum Gasteiger partial charge on any atom is -0.493 e. The molecule has 1 aromatic heterocycles. The lowest BCUT2D eigenvalue weighted by atomic mass is 10.1. The number of benzene rings is 1. The second-order valence-corrected chi connectivity index (χ2v) is 5.39. The van der Waals surface area contributed by atoms with Gasteiger partial charge in [-0.25, -0.2) is 4.98 Å². The third kappa shape index (κ3) is 3.78. The fourth-order valence-electron chi connectivity index (χ4n) is 1.85. The number of hydrogen-bond donors (Lipinski definition) is 1. The van der Waals surface area contributed by atoms with Gasteiger partial charge in [-0.1, -0.05) is 19.1 Å². The van der Waals surface area contributed by atoms with Crippen LogP contribution in [0.2, 0.25) is 0 Å². The molecule has 4 heteroatoms. The van der Waals surface area contributed by atoms with Crippen molar-refractivity contribution >= 4 is 11.3 Å². The van der Waals surface area contributed by atoms with Crippen molar-refractivity contribution in [2.75, 3.05) is 6.61 Å². The summed E-state index contributed by atoms with van der Waals surface area (Å²) < 4.78 is 5.70. The van der Waals surface area contributed by atoms with Crippen LogP contribution in [0.3, 0.4) is 0 Å². The monoisotopic (exact) mass is 277 g/mol. The van der Waals surface area contributed by atoms with Gasteiger partial charge in [0.25, 0.3) is 0 Å². The fraction of sp³-hybridized carbons (Fsp3) is 0.400. The highest BCUT2D eigenvalue weighted by Crippen LogP contribution is 2.20. The number of hydrogen-bond acceptors (Lipinski definition) is 4. The Kier molecular flexibility index (Phi) is 4.93. The number of aliphatic hydroxyl groups excluding tert-OH is 1. The molecule has 0 fully saturated rings. The van der Waals surface area contributed by atoms with Crippen LogP contribution in [0.5, 0.6) is 5.75 Å². The van der Waals surface area contributed by atoms with Crippen LogP contribution >= 0.6 is 11.3 Å². The summed E-state index contributed by atoms with van der Waals surface area (Å²) in [5, 5.41) is 9.71. The van der Waals surface area contributed by atoms with Crippen LogP contribution in [0.25, 0.3) is 0 Å². The SMILES string of the molecule is CCC(O)c1ccc(OCCc2scnc2C)cc1. The Bertz CT molecular complexity index is 507. The quantitative estimate of drug-likeness (QED) is 0.878. The molecule has 102 valence electrons. The van der Waals surface area contributed by atoms with Gasteiger partial charge in [-0.15, -0.1) is 11.3 Å². The van der Waals surface area contributed by atoms with Gasteiger partial charge in [-0.3, -0.25) is 0 Å².